The molecule has 1 saturated heterocycles. The van der Waals surface area contributed by atoms with Crippen molar-refractivity contribution in [3.05, 3.63) is 35.8 Å². The molecule has 0 aliphatic carbocycles. The number of urea groups is 1. The summed E-state index contributed by atoms with van der Waals surface area (Å²) in [7, 11) is 0. The predicted octanol–water partition coefficient (Wildman–Crippen LogP) is 1.19. The number of hydrogen-bond donors (Lipinski definition) is 3. The van der Waals surface area contributed by atoms with E-state index >= 15 is 0 Å². The van der Waals surface area contributed by atoms with E-state index < -0.39 is 18.0 Å². The molecule has 2 heterocycles. The summed E-state index contributed by atoms with van der Waals surface area (Å²) in [5, 5.41) is 5.20. The number of aromatic nitrogens is 1. The molecule has 1 atom stereocenters. The van der Waals surface area contributed by atoms with Gasteiger partial charge in [-0.05, 0) is 18.2 Å². The average molecular weight is 233 g/mol. The molecule has 86 valence electrons. The van der Waals surface area contributed by atoms with E-state index in [1.807, 2.05) is 0 Å². The van der Waals surface area contributed by atoms with Crippen LogP contribution in [0.1, 0.15) is 11.6 Å². The zero-order valence-electron chi connectivity index (χ0n) is 8.58. The minimum Gasteiger partial charge on any atom is -0.361 e. The molecule has 3 rings (SSSR count). The molecule has 1 aromatic carbocycles. The highest BCUT2D eigenvalue weighted by Gasteiger charge is 2.32. The van der Waals surface area contributed by atoms with E-state index in [0.717, 1.165) is 5.52 Å². The third kappa shape index (κ3) is 1.45. The fourth-order valence-corrected chi connectivity index (χ4v) is 1.99. The van der Waals surface area contributed by atoms with Crippen molar-refractivity contribution in [1.82, 2.24) is 15.6 Å². The molecule has 17 heavy (non-hydrogen) atoms. The number of carbonyl (C=O) groups is 2. The molecule has 0 radical (unpaired) electrons. The van der Waals surface area contributed by atoms with Gasteiger partial charge in [-0.25, -0.2) is 9.18 Å². The van der Waals surface area contributed by atoms with E-state index in [0.29, 0.717) is 10.9 Å². The zero-order valence-corrected chi connectivity index (χ0v) is 8.58. The first-order valence-corrected chi connectivity index (χ1v) is 5.03. The molecule has 3 N–H and O–H groups in total. The monoisotopic (exact) mass is 233 g/mol. The van der Waals surface area contributed by atoms with Crippen LogP contribution in [0.5, 0.6) is 0 Å². The molecular weight excluding hydrogens is 225 g/mol. The average Bonchev–Trinajstić information content (AvgIpc) is 2.81. The summed E-state index contributed by atoms with van der Waals surface area (Å²) in [6.45, 7) is 0. The van der Waals surface area contributed by atoms with Gasteiger partial charge in [-0.1, -0.05) is 0 Å². The van der Waals surface area contributed by atoms with Crippen molar-refractivity contribution in [1.29, 1.82) is 0 Å². The number of hydrogen-bond acceptors (Lipinski definition) is 2. The molecule has 1 aliphatic rings. The van der Waals surface area contributed by atoms with E-state index in [1.165, 1.54) is 12.1 Å². The molecule has 3 amide bonds. The van der Waals surface area contributed by atoms with Gasteiger partial charge < -0.3 is 10.3 Å². The summed E-state index contributed by atoms with van der Waals surface area (Å²) >= 11 is 0. The van der Waals surface area contributed by atoms with Crippen molar-refractivity contribution >= 4 is 22.8 Å². The summed E-state index contributed by atoms with van der Waals surface area (Å²) < 4.78 is 13.2. The lowest BCUT2D eigenvalue weighted by atomic mass is 10.1. The molecule has 0 bridgehead atoms. The number of H-pyrrole nitrogens is 1. The smallest absolute Gasteiger partial charge is 0.322 e. The minimum absolute atomic E-state index is 0.386. The van der Waals surface area contributed by atoms with Crippen LogP contribution in [-0.2, 0) is 4.79 Å². The lowest BCUT2D eigenvalue weighted by molar-refractivity contribution is -0.120. The first-order valence-electron chi connectivity index (χ1n) is 5.03. The summed E-state index contributed by atoms with van der Waals surface area (Å²) in [4.78, 5) is 25.5. The van der Waals surface area contributed by atoms with Crippen molar-refractivity contribution in [2.45, 2.75) is 6.04 Å². The molecular formula is C11H8FN3O2. The van der Waals surface area contributed by atoms with Gasteiger partial charge in [0, 0.05) is 22.7 Å². The Bertz CT molecular complexity index is 635. The molecule has 1 fully saturated rings. The Hall–Kier alpha value is -2.37. The normalized spacial score (nSPS) is 19.5. The Morgan fingerprint density at radius 3 is 2.76 bits per heavy atom. The second kappa shape index (κ2) is 3.31. The number of fused-ring (bicyclic) bond motifs is 1. The second-order valence-electron chi connectivity index (χ2n) is 3.83. The number of carbonyl (C=O) groups excluding carboxylic acids is 2. The maximum Gasteiger partial charge on any atom is 0.322 e. The van der Waals surface area contributed by atoms with E-state index in [1.54, 1.807) is 12.3 Å². The highest BCUT2D eigenvalue weighted by molar-refractivity contribution is 6.06. The number of rotatable bonds is 1. The Morgan fingerprint density at radius 1 is 1.24 bits per heavy atom. The number of halogens is 1. The van der Waals surface area contributed by atoms with E-state index in [2.05, 4.69) is 15.6 Å². The van der Waals surface area contributed by atoms with Crippen LogP contribution in [0.3, 0.4) is 0 Å². The van der Waals surface area contributed by atoms with Crippen LogP contribution in [0, 0.1) is 5.82 Å². The maximum absolute atomic E-state index is 13.2. The van der Waals surface area contributed by atoms with Gasteiger partial charge in [0.2, 0.25) is 0 Å². The SMILES string of the molecule is O=C1NC(=O)C(c2c[nH]c3ccc(F)cc23)N1. The third-order valence-corrected chi connectivity index (χ3v) is 2.76. The number of imide groups is 1. The molecule has 0 saturated carbocycles. The zero-order chi connectivity index (χ0) is 12.0. The fraction of sp³-hybridized carbons (Fsp3) is 0.0909. The highest BCUT2D eigenvalue weighted by atomic mass is 19.1. The summed E-state index contributed by atoms with van der Waals surface area (Å²) in [6.07, 6.45) is 1.60. The van der Waals surface area contributed by atoms with Crippen LogP contribution < -0.4 is 10.6 Å². The Labute approximate surface area is 95.0 Å². The largest absolute Gasteiger partial charge is 0.361 e. The quantitative estimate of drug-likeness (QED) is 0.647. The fourth-order valence-electron chi connectivity index (χ4n) is 1.99. The van der Waals surface area contributed by atoms with Gasteiger partial charge >= 0.3 is 6.03 Å². The molecule has 5 nitrogen and oxygen atoms in total. The molecule has 1 unspecified atom stereocenters. The van der Waals surface area contributed by atoms with Crippen LogP contribution in [0.2, 0.25) is 0 Å². The maximum atomic E-state index is 13.2. The lowest BCUT2D eigenvalue weighted by Crippen LogP contribution is -2.22. The van der Waals surface area contributed by atoms with E-state index in [-0.39, 0.29) is 5.82 Å². The van der Waals surface area contributed by atoms with Crippen molar-refractivity contribution in [3.63, 3.8) is 0 Å². The Kier molecular flexibility index (Phi) is 1.91. The van der Waals surface area contributed by atoms with Crippen LogP contribution in [0.4, 0.5) is 9.18 Å². The summed E-state index contributed by atoms with van der Waals surface area (Å²) in [5.74, 6) is -0.816. The van der Waals surface area contributed by atoms with Crippen molar-refractivity contribution in [2.75, 3.05) is 0 Å². The van der Waals surface area contributed by atoms with Gasteiger partial charge in [-0.3, -0.25) is 10.1 Å². The van der Waals surface area contributed by atoms with Crippen molar-refractivity contribution in [3.8, 4) is 0 Å². The first kappa shape index (κ1) is 9.83. The lowest BCUT2D eigenvalue weighted by Gasteiger charge is -2.05. The van der Waals surface area contributed by atoms with Crippen molar-refractivity contribution in [2.24, 2.45) is 0 Å². The Balaban J connectivity index is 2.14. The van der Waals surface area contributed by atoms with Crippen LogP contribution in [-0.4, -0.2) is 16.9 Å². The van der Waals surface area contributed by atoms with E-state index in [4.69, 9.17) is 0 Å². The van der Waals surface area contributed by atoms with Gasteiger partial charge in [0.1, 0.15) is 11.9 Å². The molecule has 1 aliphatic heterocycles. The van der Waals surface area contributed by atoms with Gasteiger partial charge in [0.05, 0.1) is 0 Å². The molecule has 6 heteroatoms. The number of benzene rings is 1. The summed E-state index contributed by atoms with van der Waals surface area (Å²) in [5.41, 5.74) is 1.28. The number of aromatic amines is 1. The Morgan fingerprint density at radius 2 is 2.06 bits per heavy atom. The number of amides is 3. The second-order valence-corrected chi connectivity index (χ2v) is 3.83. The van der Waals surface area contributed by atoms with Gasteiger partial charge in [-0.15, -0.1) is 0 Å². The van der Waals surface area contributed by atoms with Crippen LogP contribution in [0.25, 0.3) is 10.9 Å². The molecule has 2 aromatic rings. The molecule has 1 aromatic heterocycles. The van der Waals surface area contributed by atoms with E-state index in [9.17, 15) is 14.0 Å². The van der Waals surface area contributed by atoms with Crippen LogP contribution in [0.15, 0.2) is 24.4 Å². The highest BCUT2D eigenvalue weighted by Crippen LogP contribution is 2.26. The third-order valence-electron chi connectivity index (χ3n) is 2.76. The standard InChI is InChI=1S/C11H8FN3O2/c12-5-1-2-8-6(3-5)7(4-13-8)9-10(16)15-11(17)14-9/h1-4,9,13H,(H2,14,15,16,17). The van der Waals surface area contributed by atoms with Gasteiger partial charge in [0.25, 0.3) is 5.91 Å². The van der Waals surface area contributed by atoms with Crippen molar-refractivity contribution < 1.29 is 14.0 Å². The van der Waals surface area contributed by atoms with Crippen LogP contribution >= 0.6 is 0 Å². The molecule has 0 spiro atoms. The predicted molar refractivity (Wildman–Crippen MR) is 57.7 cm³/mol. The minimum atomic E-state index is -0.766. The number of nitrogens with one attached hydrogen (secondary N) is 3. The topological polar surface area (TPSA) is 74.0 Å². The first-order chi connectivity index (χ1) is 8.15. The van der Waals surface area contributed by atoms with Gasteiger partial charge in [0.15, 0.2) is 0 Å². The summed E-state index contributed by atoms with van der Waals surface area (Å²) in [6, 6.07) is 2.95. The van der Waals surface area contributed by atoms with Gasteiger partial charge in [-0.2, -0.15) is 0 Å².